The molecule has 6 heteroatoms. The highest BCUT2D eigenvalue weighted by Gasteiger charge is 2.15. The molecule has 3 aromatic rings. The normalized spacial score (nSPS) is 10.9. The molecule has 2 aromatic heterocycles. The number of rotatable bonds is 3. The van der Waals surface area contributed by atoms with Gasteiger partial charge in [0.15, 0.2) is 0 Å². The van der Waals surface area contributed by atoms with Gasteiger partial charge in [0.2, 0.25) is 11.6 Å². The van der Waals surface area contributed by atoms with Gasteiger partial charge in [-0.05, 0) is 19.4 Å². The lowest BCUT2D eigenvalue weighted by Crippen LogP contribution is -2.18. The fourth-order valence-corrected chi connectivity index (χ4v) is 2.11. The monoisotopic (exact) mass is 270 g/mol. The van der Waals surface area contributed by atoms with Gasteiger partial charge in [0.05, 0.1) is 12.2 Å². The summed E-state index contributed by atoms with van der Waals surface area (Å²) in [4.78, 5) is 11.9. The molecule has 0 aliphatic carbocycles. The molecule has 0 atom stereocenters. The van der Waals surface area contributed by atoms with Crippen LogP contribution < -0.4 is 5.69 Å². The first kappa shape index (κ1) is 12.4. The molecule has 0 saturated carbocycles. The summed E-state index contributed by atoms with van der Waals surface area (Å²) < 4.78 is 6.71. The van der Waals surface area contributed by atoms with E-state index in [-0.39, 0.29) is 5.69 Å². The summed E-state index contributed by atoms with van der Waals surface area (Å²) in [7, 11) is 0. The van der Waals surface area contributed by atoms with Crippen molar-refractivity contribution in [2.24, 2.45) is 0 Å². The van der Waals surface area contributed by atoms with E-state index in [1.165, 1.54) is 4.57 Å². The van der Waals surface area contributed by atoms with Crippen LogP contribution in [-0.2, 0) is 6.54 Å². The van der Waals surface area contributed by atoms with E-state index in [4.69, 9.17) is 4.52 Å². The zero-order chi connectivity index (χ0) is 14.1. The second kappa shape index (κ2) is 4.80. The van der Waals surface area contributed by atoms with Crippen LogP contribution in [0.5, 0.6) is 0 Å². The number of hydrogen-bond donors (Lipinski definition) is 1. The molecule has 0 amide bonds. The average molecular weight is 270 g/mol. The summed E-state index contributed by atoms with van der Waals surface area (Å²) in [6, 6.07) is 9.75. The van der Waals surface area contributed by atoms with E-state index in [1.54, 1.807) is 6.07 Å². The minimum atomic E-state index is -0.268. The van der Waals surface area contributed by atoms with Gasteiger partial charge >= 0.3 is 5.69 Å². The molecule has 0 aliphatic rings. The Bertz CT molecular complexity index is 797. The molecule has 1 aromatic carbocycles. The van der Waals surface area contributed by atoms with Crippen LogP contribution in [0.4, 0.5) is 0 Å². The van der Waals surface area contributed by atoms with E-state index in [0.717, 1.165) is 16.8 Å². The van der Waals surface area contributed by atoms with Crippen LogP contribution in [0.1, 0.15) is 16.8 Å². The first-order valence-corrected chi connectivity index (χ1v) is 6.28. The summed E-state index contributed by atoms with van der Waals surface area (Å²) >= 11 is 0. The molecule has 102 valence electrons. The number of nitrogens with zero attached hydrogens (tertiary/aromatic N) is 3. The number of benzene rings is 1. The third kappa shape index (κ3) is 2.27. The van der Waals surface area contributed by atoms with Gasteiger partial charge in [-0.3, -0.25) is 4.57 Å². The molecule has 0 fully saturated rings. The first-order chi connectivity index (χ1) is 9.63. The molecule has 20 heavy (non-hydrogen) atoms. The molecule has 0 unspecified atom stereocenters. The summed E-state index contributed by atoms with van der Waals surface area (Å²) in [6.07, 6.45) is 0. The van der Waals surface area contributed by atoms with Crippen molar-refractivity contribution in [2.75, 3.05) is 0 Å². The van der Waals surface area contributed by atoms with Crippen molar-refractivity contribution in [1.82, 2.24) is 19.9 Å². The molecular weight excluding hydrogens is 256 g/mol. The number of aromatic amines is 1. The Kier molecular flexibility index (Phi) is 2.98. The van der Waals surface area contributed by atoms with Gasteiger partial charge < -0.3 is 4.52 Å². The van der Waals surface area contributed by atoms with E-state index in [0.29, 0.717) is 18.1 Å². The van der Waals surface area contributed by atoms with Gasteiger partial charge in [0.1, 0.15) is 0 Å². The van der Waals surface area contributed by atoms with Gasteiger partial charge in [-0.1, -0.05) is 35.0 Å². The highest BCUT2D eigenvalue weighted by Crippen LogP contribution is 2.17. The smallest absolute Gasteiger partial charge is 0.343 e. The summed E-state index contributed by atoms with van der Waals surface area (Å²) in [5, 5.41) is 10.3. The Hall–Kier alpha value is -2.63. The molecule has 6 nitrogen and oxygen atoms in total. The maximum Gasteiger partial charge on any atom is 0.343 e. The first-order valence-electron chi connectivity index (χ1n) is 6.28. The van der Waals surface area contributed by atoms with Crippen molar-refractivity contribution in [3.8, 4) is 11.6 Å². The Morgan fingerprint density at radius 1 is 1.30 bits per heavy atom. The topological polar surface area (TPSA) is 76.7 Å². The molecular formula is C14H14N4O2. The summed E-state index contributed by atoms with van der Waals surface area (Å²) in [5.74, 6) is 0.936. The zero-order valence-electron chi connectivity index (χ0n) is 11.3. The Balaban J connectivity index is 2.02. The number of aromatic nitrogens is 4. The molecule has 0 radical (unpaired) electrons. The standard InChI is InChI=1S/C14H14N4O2/c1-9-4-3-5-11(6-9)8-18-13(15-16-14(18)19)12-7-10(2)17-20-12/h3-7H,8H2,1-2H3,(H,16,19). The van der Waals surface area contributed by atoms with Gasteiger partial charge in [-0.25, -0.2) is 9.89 Å². The highest BCUT2D eigenvalue weighted by atomic mass is 16.5. The van der Waals surface area contributed by atoms with E-state index < -0.39 is 0 Å². The van der Waals surface area contributed by atoms with Crippen LogP contribution in [-0.4, -0.2) is 19.9 Å². The van der Waals surface area contributed by atoms with E-state index in [9.17, 15) is 4.79 Å². The maximum absolute atomic E-state index is 11.9. The van der Waals surface area contributed by atoms with Crippen LogP contribution >= 0.6 is 0 Å². The van der Waals surface area contributed by atoms with Crippen LogP contribution in [0, 0.1) is 13.8 Å². The van der Waals surface area contributed by atoms with Crippen molar-refractivity contribution in [3.63, 3.8) is 0 Å². The largest absolute Gasteiger partial charge is 0.353 e. The average Bonchev–Trinajstić information content (AvgIpc) is 2.97. The van der Waals surface area contributed by atoms with Gasteiger partial charge in [0.25, 0.3) is 0 Å². The third-order valence-electron chi connectivity index (χ3n) is 3.03. The molecule has 0 bridgehead atoms. The SMILES string of the molecule is Cc1cccc(Cn2c(-c3cc(C)no3)n[nH]c2=O)c1. The number of nitrogens with one attached hydrogen (secondary N) is 1. The summed E-state index contributed by atoms with van der Waals surface area (Å²) in [6.45, 7) is 4.27. The fraction of sp³-hybridized carbons (Fsp3) is 0.214. The van der Waals surface area contributed by atoms with Crippen LogP contribution in [0.25, 0.3) is 11.6 Å². The molecule has 0 spiro atoms. The minimum absolute atomic E-state index is 0.268. The Labute approximate surface area is 115 Å². The van der Waals surface area contributed by atoms with Crippen molar-refractivity contribution < 1.29 is 4.52 Å². The minimum Gasteiger partial charge on any atom is -0.353 e. The summed E-state index contributed by atoms with van der Waals surface area (Å²) in [5.41, 5.74) is 2.66. The third-order valence-corrected chi connectivity index (χ3v) is 3.03. The highest BCUT2D eigenvalue weighted by molar-refractivity contribution is 5.46. The second-order valence-corrected chi connectivity index (χ2v) is 4.76. The van der Waals surface area contributed by atoms with E-state index in [2.05, 4.69) is 15.4 Å². The lowest BCUT2D eigenvalue weighted by Gasteiger charge is -2.04. The quantitative estimate of drug-likeness (QED) is 0.788. The Morgan fingerprint density at radius 3 is 2.85 bits per heavy atom. The maximum atomic E-state index is 11.9. The number of H-pyrrole nitrogens is 1. The predicted molar refractivity (Wildman–Crippen MR) is 73.4 cm³/mol. The number of aryl methyl sites for hydroxylation is 2. The van der Waals surface area contributed by atoms with Gasteiger partial charge in [-0.2, -0.15) is 0 Å². The predicted octanol–water partition coefficient (Wildman–Crippen LogP) is 1.89. The molecule has 0 aliphatic heterocycles. The zero-order valence-corrected chi connectivity index (χ0v) is 11.3. The lowest BCUT2D eigenvalue weighted by atomic mass is 10.1. The van der Waals surface area contributed by atoms with Crippen molar-refractivity contribution in [3.05, 3.63) is 57.6 Å². The van der Waals surface area contributed by atoms with Crippen LogP contribution in [0.2, 0.25) is 0 Å². The van der Waals surface area contributed by atoms with Crippen LogP contribution in [0.15, 0.2) is 39.6 Å². The van der Waals surface area contributed by atoms with E-state index in [1.807, 2.05) is 38.1 Å². The molecule has 0 saturated heterocycles. The second-order valence-electron chi connectivity index (χ2n) is 4.76. The molecule has 3 rings (SSSR count). The Morgan fingerprint density at radius 2 is 2.15 bits per heavy atom. The van der Waals surface area contributed by atoms with Crippen molar-refractivity contribution in [2.45, 2.75) is 20.4 Å². The fourth-order valence-electron chi connectivity index (χ4n) is 2.11. The van der Waals surface area contributed by atoms with E-state index >= 15 is 0 Å². The van der Waals surface area contributed by atoms with Gasteiger partial charge in [0, 0.05) is 6.07 Å². The molecule has 2 heterocycles. The van der Waals surface area contributed by atoms with Gasteiger partial charge in [-0.15, -0.1) is 5.10 Å². The van der Waals surface area contributed by atoms with Crippen LogP contribution in [0.3, 0.4) is 0 Å². The lowest BCUT2D eigenvalue weighted by molar-refractivity contribution is 0.422. The number of hydrogen-bond acceptors (Lipinski definition) is 4. The van der Waals surface area contributed by atoms with Crippen molar-refractivity contribution in [1.29, 1.82) is 0 Å². The van der Waals surface area contributed by atoms with Crippen molar-refractivity contribution >= 4 is 0 Å². The molecule has 1 N–H and O–H groups in total.